The molecule has 4 N–H and O–H groups in total. The molecule has 1 aliphatic rings. The number of carbonyl (C=O) groups is 2. The van der Waals surface area contributed by atoms with E-state index >= 15 is 0 Å². The highest BCUT2D eigenvalue weighted by Gasteiger charge is 2.34. The minimum atomic E-state index is -1.19. The fourth-order valence-electron chi connectivity index (χ4n) is 4.66. The number of amides is 1. The molecule has 0 aliphatic carbocycles. The molecule has 0 saturated carbocycles. The van der Waals surface area contributed by atoms with Gasteiger partial charge in [0, 0.05) is 48.5 Å². The van der Waals surface area contributed by atoms with Crippen LogP contribution < -0.4 is 31.7 Å². The number of aromatic nitrogens is 2. The van der Waals surface area contributed by atoms with Gasteiger partial charge in [-0.15, -0.1) is 0 Å². The lowest BCUT2D eigenvalue weighted by molar-refractivity contribution is -0.137. The number of fused-ring (bicyclic) bond motifs is 1. The molecule has 0 radical (unpaired) electrons. The highest BCUT2D eigenvalue weighted by Crippen LogP contribution is 2.25. The molecular weight excluding hydrogens is 488 g/mol. The number of aliphatic carboxylic acids is 1. The quantitative estimate of drug-likeness (QED) is 0.243. The van der Waals surface area contributed by atoms with Gasteiger partial charge in [0.1, 0.15) is 23.2 Å². The average molecular weight is 515 g/mol. The van der Waals surface area contributed by atoms with E-state index in [9.17, 15) is 24.3 Å². The van der Waals surface area contributed by atoms with Crippen LogP contribution in [0.3, 0.4) is 0 Å². The Balaban J connectivity index is 1.30. The molecule has 4 aromatic rings. The first-order valence-corrected chi connectivity index (χ1v) is 12.2. The summed E-state index contributed by atoms with van der Waals surface area (Å²) in [7, 11) is 1.42. The van der Waals surface area contributed by atoms with Crippen molar-refractivity contribution in [2.75, 3.05) is 29.1 Å². The minimum absolute atomic E-state index is 0.0495. The van der Waals surface area contributed by atoms with Crippen molar-refractivity contribution in [2.24, 2.45) is 0 Å². The van der Waals surface area contributed by atoms with Gasteiger partial charge in [-0.05, 0) is 49.2 Å². The van der Waals surface area contributed by atoms with E-state index in [-0.39, 0.29) is 23.7 Å². The summed E-state index contributed by atoms with van der Waals surface area (Å²) in [6.07, 6.45) is 6.66. The average Bonchev–Trinajstić information content (AvgIpc) is 3.47. The Kier molecular flexibility index (Phi) is 6.84. The Hall–Kier alpha value is -4.64. The number of nitrogens with one attached hydrogen (secondary N) is 3. The number of carboxylic acid groups (broad SMARTS) is 1. The molecule has 0 unspecified atom stereocenters. The number of hydrogen-bond donors (Lipinski definition) is 4. The van der Waals surface area contributed by atoms with Crippen LogP contribution in [0, 0.1) is 0 Å². The van der Waals surface area contributed by atoms with Gasteiger partial charge in [0.15, 0.2) is 0 Å². The summed E-state index contributed by atoms with van der Waals surface area (Å²) < 4.78 is 0. The smallest absolute Gasteiger partial charge is 0.326 e. The van der Waals surface area contributed by atoms with Crippen LogP contribution in [0.15, 0.2) is 64.6 Å². The van der Waals surface area contributed by atoms with Crippen LogP contribution in [0.1, 0.15) is 18.4 Å². The molecule has 11 nitrogen and oxygen atoms in total. The van der Waals surface area contributed by atoms with Gasteiger partial charge in [-0.2, -0.15) is 0 Å². The van der Waals surface area contributed by atoms with E-state index in [0.717, 1.165) is 27.8 Å². The highest BCUT2D eigenvalue weighted by molar-refractivity contribution is 6.01. The number of nitrogens with zero attached hydrogens (tertiary/aromatic N) is 3. The second-order valence-electron chi connectivity index (χ2n) is 9.25. The summed E-state index contributed by atoms with van der Waals surface area (Å²) in [4.78, 5) is 59.0. The topological polar surface area (TPSA) is 154 Å². The van der Waals surface area contributed by atoms with Crippen molar-refractivity contribution in [2.45, 2.75) is 31.3 Å². The standard InChI is InChI=1S/C27H26N6O5/c1-33(26(36)19-3-2-10-29-19)22-21(23(34)24(22)35)32-20(27(37)38)13-15-4-6-17(7-5-15)31-25-18-9-11-28-14-16(18)8-12-30-25/h4-9,11-12,14,19-20,29,32H,2-3,10,13H2,1H3,(H,30,31)(H,37,38)/t19-,20-/m0/s1. The summed E-state index contributed by atoms with van der Waals surface area (Å²) in [6, 6.07) is 9.29. The molecule has 194 valence electrons. The molecule has 0 bridgehead atoms. The normalized spacial score (nSPS) is 15.9. The van der Waals surface area contributed by atoms with E-state index in [1.165, 1.54) is 7.05 Å². The lowest BCUT2D eigenvalue weighted by atomic mass is 10.0. The number of carbonyl (C=O) groups excluding carboxylic acids is 1. The monoisotopic (exact) mass is 514 g/mol. The first-order chi connectivity index (χ1) is 18.3. The van der Waals surface area contributed by atoms with Crippen molar-refractivity contribution in [3.05, 3.63) is 81.0 Å². The lowest BCUT2D eigenvalue weighted by Crippen LogP contribution is -2.49. The third kappa shape index (κ3) is 4.83. The molecule has 1 fully saturated rings. The zero-order valence-electron chi connectivity index (χ0n) is 20.6. The van der Waals surface area contributed by atoms with Gasteiger partial charge in [0.05, 0.1) is 6.04 Å². The lowest BCUT2D eigenvalue weighted by Gasteiger charge is -2.26. The van der Waals surface area contributed by atoms with Crippen molar-refractivity contribution in [1.82, 2.24) is 15.3 Å². The number of pyridine rings is 2. The Bertz CT molecular complexity index is 1570. The Morgan fingerprint density at radius 1 is 1.13 bits per heavy atom. The van der Waals surface area contributed by atoms with Crippen molar-refractivity contribution < 1.29 is 14.7 Å². The number of benzene rings is 1. The number of rotatable bonds is 9. The Morgan fingerprint density at radius 2 is 1.92 bits per heavy atom. The van der Waals surface area contributed by atoms with Crippen molar-refractivity contribution >= 4 is 45.5 Å². The van der Waals surface area contributed by atoms with Crippen LogP contribution in [0.25, 0.3) is 10.8 Å². The van der Waals surface area contributed by atoms with Gasteiger partial charge >= 0.3 is 5.97 Å². The number of likely N-dealkylation sites (N-methyl/N-ethyl adjacent to an activating group) is 1. The third-order valence-corrected chi connectivity index (χ3v) is 6.75. The van der Waals surface area contributed by atoms with Gasteiger partial charge in [-0.1, -0.05) is 12.1 Å². The molecule has 11 heteroatoms. The third-order valence-electron chi connectivity index (χ3n) is 6.75. The number of hydrogen-bond acceptors (Lipinski definition) is 9. The molecular formula is C27H26N6O5. The van der Waals surface area contributed by atoms with E-state index < -0.39 is 28.9 Å². The largest absolute Gasteiger partial charge is 0.480 e. The molecule has 38 heavy (non-hydrogen) atoms. The van der Waals surface area contributed by atoms with E-state index in [1.54, 1.807) is 42.9 Å². The summed E-state index contributed by atoms with van der Waals surface area (Å²) in [5.41, 5.74) is -0.425. The maximum absolute atomic E-state index is 12.7. The predicted octanol–water partition coefficient (Wildman–Crippen LogP) is 1.79. The summed E-state index contributed by atoms with van der Waals surface area (Å²) in [5, 5.41) is 20.7. The molecule has 2 aromatic heterocycles. The van der Waals surface area contributed by atoms with Crippen LogP contribution in [-0.2, 0) is 16.0 Å². The molecule has 1 aliphatic heterocycles. The molecule has 5 rings (SSSR count). The maximum Gasteiger partial charge on any atom is 0.326 e. The summed E-state index contributed by atoms with van der Waals surface area (Å²) >= 11 is 0. The zero-order chi connectivity index (χ0) is 26.8. The predicted molar refractivity (Wildman–Crippen MR) is 144 cm³/mol. The maximum atomic E-state index is 12.7. The summed E-state index contributed by atoms with van der Waals surface area (Å²) in [5.74, 6) is -0.849. The molecule has 0 spiro atoms. The second kappa shape index (κ2) is 10.4. The molecule has 1 saturated heterocycles. The molecule has 2 atom stereocenters. The first kappa shape index (κ1) is 25.0. The van der Waals surface area contributed by atoms with Crippen LogP contribution in [-0.4, -0.2) is 52.6 Å². The van der Waals surface area contributed by atoms with Crippen molar-refractivity contribution in [1.29, 1.82) is 0 Å². The SMILES string of the molecule is CN(C(=O)[C@@H]1CCCN1)c1c(N[C@@H](Cc2ccc(Nc3nccc4cnccc34)cc2)C(=O)O)c(=O)c1=O. The number of anilines is 4. The fourth-order valence-corrected chi connectivity index (χ4v) is 4.66. The fraction of sp³-hybridized carbons (Fsp3) is 0.259. The van der Waals surface area contributed by atoms with Gasteiger partial charge in [0.2, 0.25) is 5.91 Å². The Labute approximate surface area is 217 Å². The number of carboxylic acids is 1. The van der Waals surface area contributed by atoms with E-state index in [1.807, 2.05) is 12.1 Å². The first-order valence-electron chi connectivity index (χ1n) is 12.2. The van der Waals surface area contributed by atoms with E-state index in [0.29, 0.717) is 24.3 Å². The van der Waals surface area contributed by atoms with Crippen molar-refractivity contribution in [3.63, 3.8) is 0 Å². The van der Waals surface area contributed by atoms with Gasteiger partial charge in [0.25, 0.3) is 10.9 Å². The van der Waals surface area contributed by atoms with Crippen LogP contribution in [0.4, 0.5) is 22.9 Å². The van der Waals surface area contributed by atoms with Gasteiger partial charge in [-0.3, -0.25) is 19.4 Å². The van der Waals surface area contributed by atoms with E-state index in [4.69, 9.17) is 0 Å². The summed E-state index contributed by atoms with van der Waals surface area (Å²) in [6.45, 7) is 0.701. The van der Waals surface area contributed by atoms with E-state index in [2.05, 4.69) is 25.9 Å². The van der Waals surface area contributed by atoms with Crippen LogP contribution >= 0.6 is 0 Å². The van der Waals surface area contributed by atoms with Crippen LogP contribution in [0.2, 0.25) is 0 Å². The van der Waals surface area contributed by atoms with Gasteiger partial charge in [-0.25, -0.2) is 9.78 Å². The van der Waals surface area contributed by atoms with Gasteiger partial charge < -0.3 is 26.0 Å². The van der Waals surface area contributed by atoms with Crippen molar-refractivity contribution in [3.8, 4) is 0 Å². The minimum Gasteiger partial charge on any atom is -0.480 e. The highest BCUT2D eigenvalue weighted by atomic mass is 16.4. The molecule has 2 aromatic carbocycles. The Morgan fingerprint density at radius 3 is 2.63 bits per heavy atom. The zero-order valence-corrected chi connectivity index (χ0v) is 20.6. The second-order valence-corrected chi connectivity index (χ2v) is 9.25. The molecule has 3 heterocycles. The molecule has 1 amide bonds. The van der Waals surface area contributed by atoms with Crippen LogP contribution in [0.5, 0.6) is 0 Å².